The largest absolute Gasteiger partial charge is 0.355 e. The number of unbranched alkanes of at least 4 members (excludes halogenated alkanes) is 1. The first-order valence-electron chi connectivity index (χ1n) is 5.74. The Balaban J connectivity index is 2.30. The molecule has 1 amide bonds. The smallest absolute Gasteiger partial charge is 0.237 e. The molecule has 3 nitrogen and oxygen atoms in total. The van der Waals surface area contributed by atoms with Gasteiger partial charge in [-0.25, -0.2) is 0 Å². The van der Waals surface area contributed by atoms with E-state index < -0.39 is 6.04 Å². The van der Waals surface area contributed by atoms with E-state index in [2.05, 4.69) is 11.2 Å². The molecular weight excluding hydrogens is 212 g/mol. The van der Waals surface area contributed by atoms with Crippen LogP contribution < -0.4 is 11.1 Å². The van der Waals surface area contributed by atoms with Crippen LogP contribution in [0.25, 0.3) is 0 Å². The summed E-state index contributed by atoms with van der Waals surface area (Å²) in [5.74, 6) is 2.41. The normalized spacial score (nSPS) is 11.5. The van der Waals surface area contributed by atoms with E-state index in [0.29, 0.717) is 19.4 Å². The summed E-state index contributed by atoms with van der Waals surface area (Å²) in [5.41, 5.74) is 6.88. The van der Waals surface area contributed by atoms with E-state index in [-0.39, 0.29) is 5.91 Å². The fraction of sp³-hybridized carbons (Fsp3) is 0.357. The average molecular weight is 230 g/mol. The zero-order valence-electron chi connectivity index (χ0n) is 9.86. The lowest BCUT2D eigenvalue weighted by atomic mass is 10.1. The minimum Gasteiger partial charge on any atom is -0.355 e. The van der Waals surface area contributed by atoms with Crippen molar-refractivity contribution in [3.8, 4) is 12.3 Å². The van der Waals surface area contributed by atoms with Crippen molar-refractivity contribution < 1.29 is 4.79 Å². The zero-order valence-corrected chi connectivity index (χ0v) is 9.86. The monoisotopic (exact) mass is 230 g/mol. The first-order chi connectivity index (χ1) is 8.24. The number of rotatable bonds is 6. The van der Waals surface area contributed by atoms with E-state index in [0.717, 1.165) is 12.0 Å². The molecule has 1 aromatic rings. The predicted molar refractivity (Wildman–Crippen MR) is 69.2 cm³/mol. The summed E-state index contributed by atoms with van der Waals surface area (Å²) in [7, 11) is 0. The molecule has 0 spiro atoms. The Morgan fingerprint density at radius 2 is 2.12 bits per heavy atom. The third-order valence-electron chi connectivity index (χ3n) is 2.43. The first-order valence-corrected chi connectivity index (χ1v) is 5.74. The number of hydrogen-bond acceptors (Lipinski definition) is 2. The number of nitrogens with two attached hydrogens (primary N) is 1. The fourth-order valence-electron chi connectivity index (χ4n) is 1.49. The van der Waals surface area contributed by atoms with Gasteiger partial charge in [-0.1, -0.05) is 30.3 Å². The second kappa shape index (κ2) is 7.48. The number of terminal acetylenes is 1. The summed E-state index contributed by atoms with van der Waals surface area (Å²) in [5, 5.41) is 2.78. The average Bonchev–Trinajstić information content (AvgIpc) is 2.35. The van der Waals surface area contributed by atoms with Crippen LogP contribution in [-0.2, 0) is 11.2 Å². The van der Waals surface area contributed by atoms with Gasteiger partial charge >= 0.3 is 0 Å². The van der Waals surface area contributed by atoms with Crippen LogP contribution in [0.15, 0.2) is 30.3 Å². The third kappa shape index (κ3) is 5.19. The molecule has 0 fully saturated rings. The van der Waals surface area contributed by atoms with Crippen molar-refractivity contribution in [3.63, 3.8) is 0 Å². The minimum absolute atomic E-state index is 0.120. The van der Waals surface area contributed by atoms with E-state index in [1.807, 2.05) is 30.3 Å². The Hall–Kier alpha value is -1.79. The zero-order chi connectivity index (χ0) is 12.5. The molecule has 0 aliphatic carbocycles. The van der Waals surface area contributed by atoms with Crippen LogP contribution in [0.5, 0.6) is 0 Å². The lowest BCUT2D eigenvalue weighted by Gasteiger charge is -2.11. The second-order valence-corrected chi connectivity index (χ2v) is 3.89. The van der Waals surface area contributed by atoms with Crippen molar-refractivity contribution in [2.45, 2.75) is 25.3 Å². The lowest BCUT2D eigenvalue weighted by molar-refractivity contribution is -0.122. The number of hydrogen-bond donors (Lipinski definition) is 2. The van der Waals surface area contributed by atoms with E-state index in [4.69, 9.17) is 12.2 Å². The molecule has 1 aromatic carbocycles. The van der Waals surface area contributed by atoms with Crippen molar-refractivity contribution in [2.75, 3.05) is 6.54 Å². The predicted octanol–water partition coefficient (Wildman–Crippen LogP) is 1.09. The molecule has 1 atom stereocenters. The molecule has 0 bridgehead atoms. The maximum absolute atomic E-state index is 11.6. The first kappa shape index (κ1) is 13.3. The highest BCUT2D eigenvalue weighted by Crippen LogP contribution is 2.01. The van der Waals surface area contributed by atoms with Gasteiger partial charge in [0.15, 0.2) is 0 Å². The highest BCUT2D eigenvalue weighted by Gasteiger charge is 2.12. The Bertz CT molecular complexity index is 381. The quantitative estimate of drug-likeness (QED) is 0.567. The molecule has 90 valence electrons. The second-order valence-electron chi connectivity index (χ2n) is 3.89. The summed E-state index contributed by atoms with van der Waals surface area (Å²) in [6.07, 6.45) is 7.14. The van der Waals surface area contributed by atoms with Crippen molar-refractivity contribution in [1.29, 1.82) is 0 Å². The van der Waals surface area contributed by atoms with Crippen molar-refractivity contribution in [3.05, 3.63) is 35.9 Å². The van der Waals surface area contributed by atoms with Gasteiger partial charge in [0.2, 0.25) is 5.91 Å². The molecular formula is C14H18N2O. The van der Waals surface area contributed by atoms with E-state index in [9.17, 15) is 4.79 Å². The van der Waals surface area contributed by atoms with Gasteiger partial charge in [0.25, 0.3) is 0 Å². The van der Waals surface area contributed by atoms with Gasteiger partial charge in [-0.05, 0) is 18.4 Å². The summed E-state index contributed by atoms with van der Waals surface area (Å²) >= 11 is 0. The van der Waals surface area contributed by atoms with Gasteiger partial charge in [0.1, 0.15) is 0 Å². The number of amides is 1. The molecule has 0 aliphatic rings. The molecule has 17 heavy (non-hydrogen) atoms. The van der Waals surface area contributed by atoms with Gasteiger partial charge in [-0.2, -0.15) is 0 Å². The Kier molecular flexibility index (Phi) is 5.84. The summed E-state index contributed by atoms with van der Waals surface area (Å²) in [6.45, 7) is 0.589. The summed E-state index contributed by atoms with van der Waals surface area (Å²) in [4.78, 5) is 11.6. The van der Waals surface area contributed by atoms with Crippen LogP contribution in [0.1, 0.15) is 18.4 Å². The van der Waals surface area contributed by atoms with Crippen LogP contribution in [-0.4, -0.2) is 18.5 Å². The number of nitrogens with one attached hydrogen (secondary N) is 1. The van der Waals surface area contributed by atoms with E-state index in [1.54, 1.807) is 0 Å². The van der Waals surface area contributed by atoms with Crippen LogP contribution >= 0.6 is 0 Å². The molecule has 1 unspecified atom stereocenters. The number of benzene rings is 1. The molecule has 0 radical (unpaired) electrons. The highest BCUT2D eigenvalue weighted by molar-refractivity contribution is 5.81. The third-order valence-corrected chi connectivity index (χ3v) is 2.43. The van der Waals surface area contributed by atoms with Gasteiger partial charge in [-0.3, -0.25) is 4.79 Å². The Morgan fingerprint density at radius 3 is 2.76 bits per heavy atom. The molecule has 0 aliphatic heterocycles. The SMILES string of the molecule is C#CCCCNC(=O)C(N)Cc1ccccc1. The molecule has 1 rings (SSSR count). The molecule has 0 saturated carbocycles. The van der Waals surface area contributed by atoms with Gasteiger partial charge in [0, 0.05) is 13.0 Å². The van der Waals surface area contributed by atoms with E-state index in [1.165, 1.54) is 0 Å². The van der Waals surface area contributed by atoms with Crippen molar-refractivity contribution in [1.82, 2.24) is 5.32 Å². The standard InChI is InChI=1S/C14H18N2O/c1-2-3-7-10-16-14(17)13(15)11-12-8-5-4-6-9-12/h1,4-6,8-9,13H,3,7,10-11,15H2,(H,16,17). The molecule has 0 heterocycles. The van der Waals surface area contributed by atoms with Crippen molar-refractivity contribution >= 4 is 5.91 Å². The molecule has 3 N–H and O–H groups in total. The van der Waals surface area contributed by atoms with Crippen LogP contribution in [0.2, 0.25) is 0 Å². The molecule has 0 aromatic heterocycles. The van der Waals surface area contributed by atoms with E-state index >= 15 is 0 Å². The molecule has 0 saturated heterocycles. The lowest BCUT2D eigenvalue weighted by Crippen LogP contribution is -2.42. The maximum Gasteiger partial charge on any atom is 0.237 e. The number of carbonyl (C=O) groups is 1. The van der Waals surface area contributed by atoms with Gasteiger partial charge in [0.05, 0.1) is 6.04 Å². The van der Waals surface area contributed by atoms with Crippen LogP contribution in [0.3, 0.4) is 0 Å². The van der Waals surface area contributed by atoms with Crippen molar-refractivity contribution in [2.24, 2.45) is 5.73 Å². The van der Waals surface area contributed by atoms with Crippen LogP contribution in [0.4, 0.5) is 0 Å². The highest BCUT2D eigenvalue weighted by atomic mass is 16.2. The minimum atomic E-state index is -0.497. The summed E-state index contributed by atoms with van der Waals surface area (Å²) in [6, 6.07) is 9.24. The Labute approximate surface area is 102 Å². The van der Waals surface area contributed by atoms with Gasteiger partial charge < -0.3 is 11.1 Å². The fourth-order valence-corrected chi connectivity index (χ4v) is 1.49. The topological polar surface area (TPSA) is 55.1 Å². The molecule has 3 heteroatoms. The van der Waals surface area contributed by atoms with Crippen LogP contribution in [0, 0.1) is 12.3 Å². The number of carbonyl (C=O) groups excluding carboxylic acids is 1. The van der Waals surface area contributed by atoms with Gasteiger partial charge in [-0.15, -0.1) is 12.3 Å². The Morgan fingerprint density at radius 1 is 1.41 bits per heavy atom. The summed E-state index contributed by atoms with van der Waals surface area (Å²) < 4.78 is 0. The maximum atomic E-state index is 11.6.